The third kappa shape index (κ3) is 10.4. The Kier molecular flexibility index (Phi) is 14.3. The number of allylic oxidation sites excluding steroid dienone is 6. The highest BCUT2D eigenvalue weighted by Crippen LogP contribution is 2.46. The van der Waals surface area contributed by atoms with Crippen LogP contribution >= 0.6 is 24.1 Å². The van der Waals surface area contributed by atoms with Crippen molar-refractivity contribution >= 4 is 94.4 Å². The number of nitrogens with zero attached hydrogens (tertiary/aromatic N) is 4. The molecule has 1 aromatic heterocycles. The van der Waals surface area contributed by atoms with Gasteiger partial charge in [-0.1, -0.05) is 66.8 Å². The number of rotatable bonds is 19. The zero-order valence-electron chi connectivity index (χ0n) is 31.9. The monoisotopic (exact) mass is 895 g/mol. The van der Waals surface area contributed by atoms with Crippen LogP contribution in [0.1, 0.15) is 25.1 Å². The van der Waals surface area contributed by atoms with Crippen molar-refractivity contribution < 1.29 is 59.8 Å². The van der Waals surface area contributed by atoms with Crippen LogP contribution in [-0.2, 0) is 52.1 Å². The van der Waals surface area contributed by atoms with E-state index < -0.39 is 31.7 Å². The highest BCUT2D eigenvalue weighted by atomic mass is 32.2. The molecule has 20 heteroatoms. The molecule has 0 bridgehead atoms. The van der Waals surface area contributed by atoms with Crippen LogP contribution in [0.15, 0.2) is 114 Å². The number of benzene rings is 4. The Labute approximate surface area is 355 Å². The Bertz CT molecular complexity index is 2720. The van der Waals surface area contributed by atoms with E-state index in [1.165, 1.54) is 0 Å². The fourth-order valence-corrected chi connectivity index (χ4v) is 9.36. The molecule has 0 spiro atoms. The van der Waals surface area contributed by atoms with E-state index in [9.17, 15) is 36.5 Å². The number of hydrogen-bond acceptors (Lipinski definition) is 16. The van der Waals surface area contributed by atoms with Crippen molar-refractivity contribution in [3.8, 4) is 0 Å². The lowest BCUT2D eigenvalue weighted by atomic mass is 9.94. The van der Waals surface area contributed by atoms with Gasteiger partial charge in [0.05, 0.1) is 43.1 Å². The molecule has 1 aliphatic heterocycles. The van der Waals surface area contributed by atoms with Gasteiger partial charge in [0.25, 0.3) is 5.82 Å². The quantitative estimate of drug-likeness (QED) is 0.0283. The number of anilines is 2. The first kappa shape index (κ1) is 43.8. The molecule has 0 amide bonds. The van der Waals surface area contributed by atoms with Gasteiger partial charge in [0.2, 0.25) is 0 Å². The van der Waals surface area contributed by atoms with Crippen molar-refractivity contribution in [2.75, 3.05) is 45.9 Å². The number of imidazole rings is 1. The van der Waals surface area contributed by atoms with E-state index in [1.807, 2.05) is 85.0 Å². The molecular weight excluding hydrogens is 857 g/mol. The zero-order valence-corrected chi connectivity index (χ0v) is 35.2. The second-order valence-electron chi connectivity index (χ2n) is 13.9. The van der Waals surface area contributed by atoms with Gasteiger partial charge in [0, 0.05) is 65.5 Å². The Morgan fingerprint density at radius 3 is 2.07 bits per heavy atom. The molecule has 1 aliphatic carbocycles. The van der Waals surface area contributed by atoms with Gasteiger partial charge in [0.15, 0.2) is 11.0 Å². The first-order valence-corrected chi connectivity index (χ1v) is 23.8. The molecule has 0 radical (unpaired) electrons. The molecule has 0 N–H and O–H groups in total. The third-order valence-electron chi connectivity index (χ3n) is 10.3. The lowest BCUT2D eigenvalue weighted by molar-refractivity contribution is -0.777. The highest BCUT2D eigenvalue weighted by molar-refractivity contribution is 7.94. The van der Waals surface area contributed by atoms with Crippen LogP contribution in [0.25, 0.3) is 38.7 Å². The number of aryl methyl sites for hydroxylation is 2. The van der Waals surface area contributed by atoms with E-state index in [2.05, 4.69) is 34.6 Å². The maximum absolute atomic E-state index is 11.9. The van der Waals surface area contributed by atoms with Gasteiger partial charge in [-0.15, -0.1) is 0 Å². The molecule has 0 unspecified atom stereocenters. The number of hydrogen-bond donors (Lipinski definition) is 0. The van der Waals surface area contributed by atoms with Gasteiger partial charge in [-0.05, 0) is 71.5 Å². The molecule has 318 valence electrons. The van der Waals surface area contributed by atoms with E-state index in [4.69, 9.17) is 0 Å². The van der Waals surface area contributed by atoms with Crippen LogP contribution in [0.3, 0.4) is 0 Å². The summed E-state index contributed by atoms with van der Waals surface area (Å²) in [6, 6.07) is 23.2. The Morgan fingerprint density at radius 2 is 1.37 bits per heavy atom. The average molecular weight is 896 g/mol. The normalized spacial score (nSPS) is 16.4. The van der Waals surface area contributed by atoms with Crippen molar-refractivity contribution in [3.63, 3.8) is 0 Å². The summed E-state index contributed by atoms with van der Waals surface area (Å²) >= 11 is 1.77. The summed E-state index contributed by atoms with van der Waals surface area (Å²) in [4.78, 5) is 4.26. The molecule has 4 aromatic carbocycles. The highest BCUT2D eigenvalue weighted by Gasteiger charge is 2.32. The van der Waals surface area contributed by atoms with Crippen LogP contribution in [0.4, 0.5) is 11.4 Å². The Balaban J connectivity index is 1.28. The molecule has 0 fully saturated rings. The van der Waals surface area contributed by atoms with Gasteiger partial charge < -0.3 is 29.4 Å². The minimum atomic E-state index is -4.63. The van der Waals surface area contributed by atoms with Crippen LogP contribution in [-0.4, -0.2) is 66.6 Å². The number of fused-ring (bicyclic) bond motifs is 6. The van der Waals surface area contributed by atoms with Crippen molar-refractivity contribution in [2.45, 2.75) is 32.4 Å². The standard InChI is InChI=1S/C40H42N4O12S4/c45-53-55-57-24-20-41-35-16-14-31-8-1-3-10-33(31)39(35)43(21-25-58-56-54-46)37(41)18-12-29-6-5-7-30(28-29)13-19-38-42(22-26-59(47,48)49)36-17-15-32-9-2-4-11-34(32)40(36)44(38)23-27-60(50,51)52/h1-4,8-19,28H,5-7,20-27H2,(H3-,45,46,47,48,49,50,51,52)/p-3. The minimum absolute atomic E-state index is 0.191. The molecule has 60 heavy (non-hydrogen) atoms. The van der Waals surface area contributed by atoms with Gasteiger partial charge in [0.1, 0.15) is 18.9 Å². The summed E-state index contributed by atoms with van der Waals surface area (Å²) in [6.07, 6.45) is 12.1. The topological polar surface area (TPSA) is 213 Å². The maximum atomic E-state index is 11.9. The van der Waals surface area contributed by atoms with Crippen LogP contribution in [0, 0.1) is 0 Å². The average Bonchev–Trinajstić information content (AvgIpc) is 3.71. The molecule has 0 saturated heterocycles. The lowest BCUT2D eigenvalue weighted by Gasteiger charge is -2.25. The molecule has 0 saturated carbocycles. The molecule has 0 atom stereocenters. The SMILES string of the molecule is O=S(=O)([O-])CCn1c(/C=C/C2=CC(=C/C=C3/N(CCSOO[O-])c4ccc5ccccc5c4N3CCSOO[O-])/CCC2)[n+](CCS(=O)(=O)[O-])c2c3ccccc3ccc21. The van der Waals surface area contributed by atoms with E-state index in [0.29, 0.717) is 47.9 Å². The number of aromatic nitrogens is 2. The summed E-state index contributed by atoms with van der Waals surface area (Å²) < 4.78 is 83.8. The van der Waals surface area contributed by atoms with Crippen molar-refractivity contribution in [1.82, 2.24) is 4.57 Å². The third-order valence-corrected chi connectivity index (χ3v) is 12.6. The largest absolute Gasteiger partial charge is 0.748 e. The van der Waals surface area contributed by atoms with Crippen molar-refractivity contribution in [1.29, 1.82) is 0 Å². The van der Waals surface area contributed by atoms with E-state index in [-0.39, 0.29) is 13.1 Å². The summed E-state index contributed by atoms with van der Waals surface area (Å²) in [5.74, 6) is 0.645. The molecule has 7 rings (SSSR count). The lowest BCUT2D eigenvalue weighted by Crippen LogP contribution is -2.40. The fraction of sp³-hybridized carbons (Fsp3) is 0.275. The van der Waals surface area contributed by atoms with Gasteiger partial charge >= 0.3 is 0 Å². The summed E-state index contributed by atoms with van der Waals surface area (Å²) in [5.41, 5.74) is 5.04. The second-order valence-corrected chi connectivity index (χ2v) is 18.5. The van der Waals surface area contributed by atoms with Crippen molar-refractivity contribution in [3.05, 3.63) is 120 Å². The van der Waals surface area contributed by atoms with E-state index >= 15 is 0 Å². The van der Waals surface area contributed by atoms with Gasteiger partial charge in [-0.3, -0.25) is 10.1 Å². The van der Waals surface area contributed by atoms with Crippen LogP contribution in [0.2, 0.25) is 0 Å². The predicted octanol–water partition coefficient (Wildman–Crippen LogP) is 4.29. The molecule has 2 heterocycles. The second kappa shape index (κ2) is 19.6. The fourth-order valence-electron chi connectivity index (χ4n) is 7.82. The maximum Gasteiger partial charge on any atom is 0.282 e. The van der Waals surface area contributed by atoms with Gasteiger partial charge in [-0.2, -0.15) is 8.67 Å². The summed E-state index contributed by atoms with van der Waals surface area (Å²) in [5, 5.41) is 31.9. The zero-order chi connectivity index (χ0) is 42.3. The molecule has 2 aliphatic rings. The summed E-state index contributed by atoms with van der Waals surface area (Å²) in [7, 11) is -9.25. The smallest absolute Gasteiger partial charge is 0.282 e. The molecule has 5 aromatic rings. The molecular formula is C40H39N4O12S4-3. The minimum Gasteiger partial charge on any atom is -0.748 e. The van der Waals surface area contributed by atoms with Gasteiger partial charge in [-0.25, -0.2) is 26.0 Å². The van der Waals surface area contributed by atoms with Crippen molar-refractivity contribution in [2.24, 2.45) is 0 Å². The van der Waals surface area contributed by atoms with Crippen LogP contribution in [0.5, 0.6) is 0 Å². The summed E-state index contributed by atoms with van der Waals surface area (Å²) in [6.45, 7) is 0.510. The molecule has 16 nitrogen and oxygen atoms in total. The first-order chi connectivity index (χ1) is 29.0. The first-order valence-electron chi connectivity index (χ1n) is 18.8. The van der Waals surface area contributed by atoms with E-state index in [0.717, 1.165) is 86.8 Å². The predicted molar refractivity (Wildman–Crippen MR) is 224 cm³/mol. The Hall–Kier alpha value is -4.29. The van der Waals surface area contributed by atoms with E-state index in [1.54, 1.807) is 21.3 Å². The Morgan fingerprint density at radius 1 is 0.717 bits per heavy atom. The van der Waals surface area contributed by atoms with Crippen LogP contribution < -0.4 is 24.9 Å².